The molecule has 0 radical (unpaired) electrons. The third-order valence-corrected chi connectivity index (χ3v) is 1.70. The molecule has 1 heteroatoms. The summed E-state index contributed by atoms with van der Waals surface area (Å²) in [5, 5.41) is 0. The van der Waals surface area contributed by atoms with Crippen molar-refractivity contribution in [2.24, 2.45) is 0 Å². The Balaban J connectivity index is 0.000000310. The van der Waals surface area contributed by atoms with Crippen molar-refractivity contribution in [2.75, 3.05) is 0 Å². The normalized spacial score (nSPS) is 14.1. The Morgan fingerprint density at radius 1 is 1.31 bits per heavy atom. The van der Waals surface area contributed by atoms with Crippen molar-refractivity contribution in [3.8, 4) is 0 Å². The number of rotatable bonds is 3. The van der Waals surface area contributed by atoms with E-state index in [-0.39, 0.29) is 8.80 Å². The van der Waals surface area contributed by atoms with Crippen LogP contribution < -0.4 is 0 Å². The van der Waals surface area contributed by atoms with Crippen LogP contribution in [0.3, 0.4) is 0 Å². The lowest BCUT2D eigenvalue weighted by Crippen LogP contribution is -1.84. The van der Waals surface area contributed by atoms with E-state index in [4.69, 9.17) is 0 Å². The van der Waals surface area contributed by atoms with E-state index in [0.717, 1.165) is 0 Å². The van der Waals surface area contributed by atoms with Crippen molar-refractivity contribution in [3.63, 3.8) is 0 Å². The Morgan fingerprint density at radius 3 is 2.31 bits per heavy atom. The minimum Gasteiger partial charge on any atom is -0.0805 e. The predicted octanol–water partition coefficient (Wildman–Crippen LogP) is 4.17. The van der Waals surface area contributed by atoms with E-state index in [0.29, 0.717) is 0 Å². The topological polar surface area (TPSA) is 0 Å². The standard InChI is InChI=1S/C9H14.C3H10Si/c1-2-3-6-9-7-4-5-8-9;1-4(2)3/h4-5,7H,2-3,6,8H2,1H3;4H,1-3H3. The molecule has 0 nitrogen and oxygen atoms in total. The fraction of sp³-hybridized carbons (Fsp3) is 0.667. The van der Waals surface area contributed by atoms with Crippen LogP contribution in [0.4, 0.5) is 0 Å². The summed E-state index contributed by atoms with van der Waals surface area (Å²) in [6.45, 7) is 9.16. The molecule has 76 valence electrons. The zero-order chi connectivity index (χ0) is 10.1. The lowest BCUT2D eigenvalue weighted by atomic mass is 10.1. The van der Waals surface area contributed by atoms with Gasteiger partial charge in [-0.3, -0.25) is 0 Å². The Kier molecular flexibility index (Phi) is 8.11. The molecule has 0 aromatic rings. The van der Waals surface area contributed by atoms with Crippen LogP contribution in [0.25, 0.3) is 0 Å². The van der Waals surface area contributed by atoms with Crippen molar-refractivity contribution in [3.05, 3.63) is 23.8 Å². The number of unbranched alkanes of at least 4 members (excludes halogenated alkanes) is 1. The summed E-state index contributed by atoms with van der Waals surface area (Å²) in [5.41, 5.74) is 1.61. The molecule has 0 aromatic carbocycles. The maximum atomic E-state index is 2.31. The Labute approximate surface area is 85.4 Å². The van der Waals surface area contributed by atoms with Gasteiger partial charge >= 0.3 is 0 Å². The quantitative estimate of drug-likeness (QED) is 0.594. The molecule has 1 rings (SSSR count). The van der Waals surface area contributed by atoms with Gasteiger partial charge in [-0.15, -0.1) is 0 Å². The van der Waals surface area contributed by atoms with Gasteiger partial charge in [0.2, 0.25) is 0 Å². The third kappa shape index (κ3) is 9.61. The molecule has 0 aliphatic heterocycles. The van der Waals surface area contributed by atoms with Gasteiger partial charge in [0.15, 0.2) is 0 Å². The second-order valence-electron chi connectivity index (χ2n) is 4.29. The van der Waals surface area contributed by atoms with E-state index in [9.17, 15) is 0 Å². The van der Waals surface area contributed by atoms with Gasteiger partial charge in [-0.05, 0) is 19.3 Å². The first-order valence-electron chi connectivity index (χ1n) is 5.51. The Bertz CT molecular complexity index is 163. The third-order valence-electron chi connectivity index (χ3n) is 1.70. The van der Waals surface area contributed by atoms with Gasteiger partial charge < -0.3 is 0 Å². The lowest BCUT2D eigenvalue weighted by molar-refractivity contribution is 0.779. The molecule has 0 unspecified atom stereocenters. The monoisotopic (exact) mass is 196 g/mol. The summed E-state index contributed by atoms with van der Waals surface area (Å²) in [6.07, 6.45) is 11.8. The van der Waals surface area contributed by atoms with Crippen LogP contribution in [-0.2, 0) is 0 Å². The summed E-state index contributed by atoms with van der Waals surface area (Å²) < 4.78 is 0. The molecule has 0 saturated heterocycles. The smallest absolute Gasteiger partial charge is 0.0274 e. The Morgan fingerprint density at radius 2 is 1.92 bits per heavy atom. The van der Waals surface area contributed by atoms with Crippen molar-refractivity contribution in [2.45, 2.75) is 52.2 Å². The van der Waals surface area contributed by atoms with Crippen molar-refractivity contribution in [1.29, 1.82) is 0 Å². The van der Waals surface area contributed by atoms with Gasteiger partial charge in [0.05, 0.1) is 0 Å². The number of hydrogen-bond acceptors (Lipinski definition) is 0. The fourth-order valence-electron chi connectivity index (χ4n) is 1.08. The highest BCUT2D eigenvalue weighted by atomic mass is 28.3. The molecule has 0 bridgehead atoms. The van der Waals surface area contributed by atoms with Crippen LogP contribution >= 0.6 is 0 Å². The van der Waals surface area contributed by atoms with Crippen molar-refractivity contribution < 1.29 is 0 Å². The van der Waals surface area contributed by atoms with E-state index in [1.165, 1.54) is 25.7 Å². The molecule has 0 heterocycles. The van der Waals surface area contributed by atoms with Gasteiger partial charge in [-0.25, -0.2) is 0 Å². The molecule has 1 aliphatic rings. The van der Waals surface area contributed by atoms with E-state index in [1.54, 1.807) is 5.57 Å². The second-order valence-corrected chi connectivity index (χ2v) is 7.76. The molecule has 13 heavy (non-hydrogen) atoms. The van der Waals surface area contributed by atoms with Crippen LogP contribution in [0.5, 0.6) is 0 Å². The van der Waals surface area contributed by atoms with Crippen LogP contribution in [0, 0.1) is 0 Å². The summed E-state index contributed by atoms with van der Waals surface area (Å²) in [4.78, 5) is 0. The molecule has 0 fully saturated rings. The Hall–Kier alpha value is -0.303. The maximum Gasteiger partial charge on any atom is 0.0274 e. The zero-order valence-electron chi connectivity index (χ0n) is 9.64. The van der Waals surface area contributed by atoms with Gasteiger partial charge in [0, 0.05) is 8.80 Å². The van der Waals surface area contributed by atoms with E-state index in [1.807, 2.05) is 0 Å². The van der Waals surface area contributed by atoms with Gasteiger partial charge in [-0.1, -0.05) is 56.8 Å². The van der Waals surface area contributed by atoms with E-state index in [2.05, 4.69) is 44.8 Å². The predicted molar refractivity (Wildman–Crippen MR) is 66.1 cm³/mol. The van der Waals surface area contributed by atoms with Gasteiger partial charge in [0.1, 0.15) is 0 Å². The van der Waals surface area contributed by atoms with Crippen LogP contribution in [-0.4, -0.2) is 8.80 Å². The van der Waals surface area contributed by atoms with Crippen LogP contribution in [0.2, 0.25) is 19.6 Å². The maximum absolute atomic E-state index is 2.31. The number of allylic oxidation sites excluding steroid dienone is 4. The lowest BCUT2D eigenvalue weighted by Gasteiger charge is -1.96. The molecular weight excluding hydrogens is 172 g/mol. The summed E-state index contributed by atoms with van der Waals surface area (Å²) in [5.74, 6) is 0. The van der Waals surface area contributed by atoms with Crippen molar-refractivity contribution in [1.82, 2.24) is 0 Å². The van der Waals surface area contributed by atoms with E-state index >= 15 is 0 Å². The molecule has 0 amide bonds. The highest BCUT2D eigenvalue weighted by molar-refractivity contribution is 6.54. The zero-order valence-corrected chi connectivity index (χ0v) is 10.8. The molecular formula is C12H24Si. The second kappa shape index (κ2) is 8.30. The molecule has 0 N–H and O–H groups in total. The molecule has 1 aliphatic carbocycles. The minimum absolute atomic E-state index is 0.139. The number of hydrogen-bond donors (Lipinski definition) is 0. The van der Waals surface area contributed by atoms with Crippen molar-refractivity contribution >= 4 is 8.80 Å². The molecule has 0 atom stereocenters. The van der Waals surface area contributed by atoms with Gasteiger partial charge in [0.25, 0.3) is 0 Å². The summed E-state index contributed by atoms with van der Waals surface area (Å²) in [7, 11) is -0.139. The fourth-order valence-corrected chi connectivity index (χ4v) is 1.08. The highest BCUT2D eigenvalue weighted by Gasteiger charge is 1.96. The average molecular weight is 196 g/mol. The molecule has 0 aromatic heterocycles. The summed E-state index contributed by atoms with van der Waals surface area (Å²) in [6, 6.07) is 0. The molecule has 0 spiro atoms. The first-order valence-corrected chi connectivity index (χ1v) is 8.97. The molecule has 0 saturated carbocycles. The van der Waals surface area contributed by atoms with Crippen LogP contribution in [0.1, 0.15) is 32.6 Å². The van der Waals surface area contributed by atoms with Crippen LogP contribution in [0.15, 0.2) is 23.8 Å². The first-order chi connectivity index (χ1) is 6.16. The average Bonchev–Trinajstić information content (AvgIpc) is 2.51. The SMILES string of the molecule is CCCCC1=CC=CC1.C[SiH](C)C. The van der Waals surface area contributed by atoms with Gasteiger partial charge in [-0.2, -0.15) is 0 Å². The minimum atomic E-state index is -0.139. The highest BCUT2D eigenvalue weighted by Crippen LogP contribution is 2.16. The largest absolute Gasteiger partial charge is 0.0805 e. The first kappa shape index (κ1) is 12.7. The van der Waals surface area contributed by atoms with E-state index < -0.39 is 0 Å². The summed E-state index contributed by atoms with van der Waals surface area (Å²) >= 11 is 0.